The topological polar surface area (TPSA) is 64.3 Å². The van der Waals surface area contributed by atoms with Crippen LogP contribution in [0.25, 0.3) is 0 Å². The minimum atomic E-state index is -0.247. The highest BCUT2D eigenvalue weighted by molar-refractivity contribution is 5.81. The van der Waals surface area contributed by atoms with E-state index in [9.17, 15) is 4.79 Å². The number of hydrogen-bond acceptors (Lipinski definition) is 3. The largest absolute Gasteiger partial charge is 0.368 e. The Morgan fingerprint density at radius 2 is 2.40 bits per heavy atom. The maximum absolute atomic E-state index is 11.6. The molecule has 1 fully saturated rings. The Balaban J connectivity index is 2.18. The molecule has 0 aromatic heterocycles. The van der Waals surface area contributed by atoms with Crippen LogP contribution in [0.15, 0.2) is 0 Å². The Hall–Kier alpha value is -0.610. The van der Waals surface area contributed by atoms with Crippen molar-refractivity contribution in [1.82, 2.24) is 5.32 Å². The van der Waals surface area contributed by atoms with Crippen molar-refractivity contribution >= 4 is 5.91 Å². The van der Waals surface area contributed by atoms with E-state index >= 15 is 0 Å². The van der Waals surface area contributed by atoms with Gasteiger partial charge in [-0.05, 0) is 25.2 Å². The van der Waals surface area contributed by atoms with Crippen molar-refractivity contribution in [3.63, 3.8) is 0 Å². The molecule has 0 bridgehead atoms. The number of ether oxygens (including phenoxy) is 1. The highest BCUT2D eigenvalue weighted by Gasteiger charge is 2.30. The lowest BCUT2D eigenvalue weighted by atomic mass is 10.0. The van der Waals surface area contributed by atoms with Gasteiger partial charge in [-0.2, -0.15) is 0 Å². The van der Waals surface area contributed by atoms with Crippen LogP contribution in [0.2, 0.25) is 0 Å². The molecule has 1 saturated heterocycles. The third-order valence-electron chi connectivity index (χ3n) is 2.98. The van der Waals surface area contributed by atoms with Crippen LogP contribution in [0.5, 0.6) is 0 Å². The van der Waals surface area contributed by atoms with Crippen LogP contribution in [-0.2, 0) is 9.53 Å². The molecular formula is C11H22N2O2. The minimum Gasteiger partial charge on any atom is -0.368 e. The lowest BCUT2D eigenvalue weighted by Crippen LogP contribution is -2.39. The molecule has 3 unspecified atom stereocenters. The van der Waals surface area contributed by atoms with Gasteiger partial charge < -0.3 is 15.8 Å². The second-order valence-electron chi connectivity index (χ2n) is 4.31. The highest BCUT2D eigenvalue weighted by atomic mass is 16.5. The van der Waals surface area contributed by atoms with Crippen molar-refractivity contribution in [1.29, 1.82) is 0 Å². The molecule has 0 aliphatic carbocycles. The summed E-state index contributed by atoms with van der Waals surface area (Å²) in [7, 11) is 0. The SMILES string of the molecule is CCC(N)CCNC(=O)C1OCCC1C. The standard InChI is InChI=1S/C11H22N2O2/c1-3-9(12)4-6-13-11(14)10-8(2)5-7-15-10/h8-10H,3-7,12H2,1-2H3,(H,13,14). The third-order valence-corrected chi connectivity index (χ3v) is 2.98. The molecule has 0 aromatic carbocycles. The van der Waals surface area contributed by atoms with E-state index in [2.05, 4.69) is 19.2 Å². The summed E-state index contributed by atoms with van der Waals surface area (Å²) in [6.45, 7) is 5.46. The predicted octanol–water partition coefficient (Wildman–Crippen LogP) is 0.655. The van der Waals surface area contributed by atoms with Gasteiger partial charge in [-0.25, -0.2) is 0 Å². The normalized spacial score (nSPS) is 27.7. The van der Waals surface area contributed by atoms with Crippen molar-refractivity contribution in [2.75, 3.05) is 13.2 Å². The first-order chi connectivity index (χ1) is 7.15. The lowest BCUT2D eigenvalue weighted by Gasteiger charge is -2.15. The van der Waals surface area contributed by atoms with Crippen molar-refractivity contribution in [2.24, 2.45) is 11.7 Å². The summed E-state index contributed by atoms with van der Waals surface area (Å²) in [6.07, 6.45) is 2.52. The van der Waals surface area contributed by atoms with Gasteiger partial charge >= 0.3 is 0 Å². The Morgan fingerprint density at radius 1 is 1.67 bits per heavy atom. The monoisotopic (exact) mass is 214 g/mol. The Kier molecular flexibility index (Phi) is 5.05. The van der Waals surface area contributed by atoms with Crippen molar-refractivity contribution in [3.05, 3.63) is 0 Å². The highest BCUT2D eigenvalue weighted by Crippen LogP contribution is 2.19. The number of carbonyl (C=O) groups is 1. The zero-order valence-corrected chi connectivity index (χ0v) is 9.66. The maximum Gasteiger partial charge on any atom is 0.249 e. The average Bonchev–Trinajstić information content (AvgIpc) is 2.64. The Morgan fingerprint density at radius 3 is 2.93 bits per heavy atom. The molecule has 3 atom stereocenters. The van der Waals surface area contributed by atoms with Crippen LogP contribution in [0.3, 0.4) is 0 Å². The summed E-state index contributed by atoms with van der Waals surface area (Å²) in [5.41, 5.74) is 5.76. The lowest BCUT2D eigenvalue weighted by molar-refractivity contribution is -0.131. The molecule has 0 saturated carbocycles. The zero-order valence-electron chi connectivity index (χ0n) is 9.66. The molecule has 1 rings (SSSR count). The molecule has 4 heteroatoms. The fraction of sp³-hybridized carbons (Fsp3) is 0.909. The molecule has 1 aliphatic rings. The van der Waals surface area contributed by atoms with E-state index in [0.717, 1.165) is 19.3 Å². The first kappa shape index (κ1) is 12.5. The minimum absolute atomic E-state index is 0.0169. The first-order valence-electron chi connectivity index (χ1n) is 5.80. The fourth-order valence-electron chi connectivity index (χ4n) is 1.72. The summed E-state index contributed by atoms with van der Waals surface area (Å²) in [5, 5.41) is 2.88. The Bertz CT molecular complexity index is 209. The number of hydrogen-bond donors (Lipinski definition) is 2. The van der Waals surface area contributed by atoms with Gasteiger partial charge in [0.25, 0.3) is 0 Å². The first-order valence-corrected chi connectivity index (χ1v) is 5.80. The average molecular weight is 214 g/mol. The van der Waals surface area contributed by atoms with Crippen LogP contribution >= 0.6 is 0 Å². The van der Waals surface area contributed by atoms with Gasteiger partial charge in [-0.3, -0.25) is 4.79 Å². The second-order valence-corrected chi connectivity index (χ2v) is 4.31. The fourth-order valence-corrected chi connectivity index (χ4v) is 1.72. The van der Waals surface area contributed by atoms with Gasteiger partial charge in [0.15, 0.2) is 0 Å². The van der Waals surface area contributed by atoms with E-state index in [1.165, 1.54) is 0 Å². The molecule has 15 heavy (non-hydrogen) atoms. The van der Waals surface area contributed by atoms with E-state index in [4.69, 9.17) is 10.5 Å². The van der Waals surface area contributed by atoms with Crippen LogP contribution in [-0.4, -0.2) is 31.2 Å². The van der Waals surface area contributed by atoms with Crippen molar-refractivity contribution in [3.8, 4) is 0 Å². The van der Waals surface area contributed by atoms with Gasteiger partial charge in [0.2, 0.25) is 5.91 Å². The summed E-state index contributed by atoms with van der Waals surface area (Å²) < 4.78 is 5.37. The molecule has 0 spiro atoms. The molecule has 1 amide bonds. The molecule has 0 aromatic rings. The van der Waals surface area contributed by atoms with Gasteiger partial charge in [-0.15, -0.1) is 0 Å². The number of rotatable bonds is 5. The molecule has 1 aliphatic heterocycles. The third kappa shape index (κ3) is 3.80. The van der Waals surface area contributed by atoms with Crippen LogP contribution in [0, 0.1) is 5.92 Å². The van der Waals surface area contributed by atoms with Crippen LogP contribution in [0.4, 0.5) is 0 Å². The Labute approximate surface area is 91.5 Å². The van der Waals surface area contributed by atoms with Crippen molar-refractivity contribution in [2.45, 2.75) is 45.3 Å². The van der Waals surface area contributed by atoms with E-state index in [1.54, 1.807) is 0 Å². The molecule has 4 nitrogen and oxygen atoms in total. The molecular weight excluding hydrogens is 192 g/mol. The number of carbonyl (C=O) groups excluding carboxylic acids is 1. The number of amides is 1. The summed E-state index contributed by atoms with van der Waals surface area (Å²) >= 11 is 0. The molecule has 88 valence electrons. The van der Waals surface area contributed by atoms with Gasteiger partial charge in [0.1, 0.15) is 6.10 Å². The number of nitrogens with one attached hydrogen (secondary N) is 1. The van der Waals surface area contributed by atoms with E-state index in [-0.39, 0.29) is 18.1 Å². The number of nitrogens with two attached hydrogens (primary N) is 1. The summed E-state index contributed by atoms with van der Waals surface area (Å²) in [6, 6.07) is 0.187. The summed E-state index contributed by atoms with van der Waals surface area (Å²) in [5.74, 6) is 0.355. The van der Waals surface area contributed by atoms with Gasteiger partial charge in [0.05, 0.1) is 0 Å². The molecule has 3 N–H and O–H groups in total. The zero-order chi connectivity index (χ0) is 11.3. The van der Waals surface area contributed by atoms with Crippen LogP contribution < -0.4 is 11.1 Å². The van der Waals surface area contributed by atoms with Crippen LogP contribution in [0.1, 0.15) is 33.1 Å². The van der Waals surface area contributed by atoms with Gasteiger partial charge in [-0.1, -0.05) is 13.8 Å². The summed E-state index contributed by atoms with van der Waals surface area (Å²) in [4.78, 5) is 11.6. The van der Waals surface area contributed by atoms with Crippen molar-refractivity contribution < 1.29 is 9.53 Å². The quantitative estimate of drug-likeness (QED) is 0.706. The molecule has 1 heterocycles. The smallest absolute Gasteiger partial charge is 0.249 e. The van der Waals surface area contributed by atoms with E-state index < -0.39 is 0 Å². The predicted molar refractivity (Wildman–Crippen MR) is 59.4 cm³/mol. The van der Waals surface area contributed by atoms with E-state index in [0.29, 0.717) is 19.1 Å². The molecule has 0 radical (unpaired) electrons. The second kappa shape index (κ2) is 6.08. The maximum atomic E-state index is 11.6. The van der Waals surface area contributed by atoms with Gasteiger partial charge in [0, 0.05) is 19.2 Å². The van der Waals surface area contributed by atoms with E-state index in [1.807, 2.05) is 0 Å².